The van der Waals surface area contributed by atoms with Crippen molar-refractivity contribution in [2.45, 2.75) is 26.3 Å². The number of benzene rings is 1. The smallest absolute Gasteiger partial charge is 0.403 e. The molecule has 1 atom stereocenters. The molecule has 2 rings (SSSR count). The van der Waals surface area contributed by atoms with Gasteiger partial charge in [0.2, 0.25) is 0 Å². The summed E-state index contributed by atoms with van der Waals surface area (Å²) in [7, 11) is 0. The largest absolute Gasteiger partial charge is 0.573 e. The van der Waals surface area contributed by atoms with E-state index in [-0.39, 0.29) is 25.1 Å². The quantitative estimate of drug-likeness (QED) is 0.763. The average molecular weight is 387 g/mol. The molecule has 0 radical (unpaired) electrons. The van der Waals surface area contributed by atoms with Gasteiger partial charge in [-0.3, -0.25) is 4.90 Å². The van der Waals surface area contributed by atoms with E-state index >= 15 is 0 Å². The van der Waals surface area contributed by atoms with E-state index < -0.39 is 23.3 Å². The van der Waals surface area contributed by atoms with Crippen molar-refractivity contribution in [1.29, 1.82) is 0 Å². The van der Waals surface area contributed by atoms with Crippen molar-refractivity contribution in [3.8, 4) is 5.75 Å². The van der Waals surface area contributed by atoms with E-state index in [0.717, 1.165) is 25.2 Å². The highest BCUT2D eigenvalue weighted by atomic mass is 35.5. The first-order valence-electron chi connectivity index (χ1n) is 7.75. The van der Waals surface area contributed by atoms with Crippen molar-refractivity contribution in [3.63, 3.8) is 0 Å². The van der Waals surface area contributed by atoms with Crippen LogP contribution >= 0.6 is 12.4 Å². The molecule has 0 spiro atoms. The topological polar surface area (TPSA) is 44.7 Å². The lowest BCUT2D eigenvalue weighted by Crippen LogP contribution is -2.49. The minimum atomic E-state index is -4.94. The summed E-state index contributed by atoms with van der Waals surface area (Å²) in [5.74, 6) is -1.93. The van der Waals surface area contributed by atoms with Crippen molar-refractivity contribution < 1.29 is 27.4 Å². The molecule has 1 fully saturated rings. The zero-order valence-corrected chi connectivity index (χ0v) is 14.9. The molecule has 0 unspecified atom stereocenters. The number of halogens is 5. The molecule has 1 aliphatic rings. The average Bonchev–Trinajstić information content (AvgIpc) is 2.50. The molecular weight excluding hydrogens is 364 g/mol. The third-order valence-corrected chi connectivity index (χ3v) is 4.16. The zero-order valence-electron chi connectivity index (χ0n) is 14.1. The van der Waals surface area contributed by atoms with Crippen LogP contribution in [0.5, 0.6) is 5.75 Å². The Bertz CT molecular complexity index is 564. The van der Waals surface area contributed by atoms with Crippen LogP contribution in [-0.2, 0) is 0 Å². The summed E-state index contributed by atoms with van der Waals surface area (Å²) in [5, 5.41) is 12.9. The molecule has 0 saturated carbocycles. The Balaban J connectivity index is 0.00000312. The Hall–Kier alpha value is -1.09. The number of hydrogen-bond acceptors (Lipinski definition) is 4. The molecule has 0 bridgehead atoms. The van der Waals surface area contributed by atoms with Gasteiger partial charge in [-0.05, 0) is 17.7 Å². The number of nitrogens with zero attached hydrogens (tertiary/aromatic N) is 1. The van der Waals surface area contributed by atoms with Crippen molar-refractivity contribution in [1.82, 2.24) is 10.2 Å². The summed E-state index contributed by atoms with van der Waals surface area (Å²) in [6, 6.07) is 3.15. The summed E-state index contributed by atoms with van der Waals surface area (Å²) in [6.45, 7) is 6.48. The van der Waals surface area contributed by atoms with Gasteiger partial charge in [0.05, 0.1) is 0 Å². The van der Waals surface area contributed by atoms with Crippen LogP contribution in [0.15, 0.2) is 18.2 Å². The molecule has 1 heterocycles. The first kappa shape index (κ1) is 22.0. The highest BCUT2D eigenvalue weighted by Gasteiger charge is 2.37. The van der Waals surface area contributed by atoms with Gasteiger partial charge in [-0.1, -0.05) is 19.9 Å². The molecule has 1 aliphatic heterocycles. The maximum atomic E-state index is 14.1. The second-order valence-electron chi connectivity index (χ2n) is 6.57. The van der Waals surface area contributed by atoms with Crippen LogP contribution in [0.1, 0.15) is 25.5 Å². The molecule has 2 N–H and O–H groups in total. The number of piperazine rings is 1. The highest BCUT2D eigenvalue weighted by molar-refractivity contribution is 5.85. The van der Waals surface area contributed by atoms with Gasteiger partial charge < -0.3 is 15.2 Å². The predicted molar refractivity (Wildman–Crippen MR) is 88.4 cm³/mol. The zero-order chi connectivity index (χ0) is 18.0. The van der Waals surface area contributed by atoms with Crippen LogP contribution in [-0.4, -0.2) is 49.2 Å². The Labute approximate surface area is 150 Å². The third-order valence-electron chi connectivity index (χ3n) is 4.16. The van der Waals surface area contributed by atoms with Crippen LogP contribution < -0.4 is 10.1 Å². The fourth-order valence-corrected chi connectivity index (χ4v) is 3.08. The Kier molecular flexibility index (Phi) is 7.49. The molecule has 1 aromatic carbocycles. The number of rotatable bonds is 5. The maximum Gasteiger partial charge on any atom is 0.573 e. The van der Waals surface area contributed by atoms with E-state index in [1.807, 2.05) is 13.8 Å². The molecule has 0 aliphatic carbocycles. The number of ether oxygens (including phenoxy) is 1. The van der Waals surface area contributed by atoms with Crippen LogP contribution in [0.3, 0.4) is 0 Å². The lowest BCUT2D eigenvalue weighted by Gasteiger charge is -2.43. The van der Waals surface area contributed by atoms with Crippen molar-refractivity contribution in [3.05, 3.63) is 29.6 Å². The van der Waals surface area contributed by atoms with E-state index in [1.165, 1.54) is 6.07 Å². The molecule has 4 nitrogen and oxygen atoms in total. The van der Waals surface area contributed by atoms with Gasteiger partial charge in [-0.15, -0.1) is 25.6 Å². The number of alkyl halides is 3. The van der Waals surface area contributed by atoms with Gasteiger partial charge in [-0.25, -0.2) is 4.39 Å². The van der Waals surface area contributed by atoms with Crippen LogP contribution in [0.2, 0.25) is 0 Å². The van der Waals surface area contributed by atoms with Crippen LogP contribution in [0, 0.1) is 11.2 Å². The van der Waals surface area contributed by atoms with Gasteiger partial charge in [0.25, 0.3) is 0 Å². The minimum Gasteiger partial charge on any atom is -0.403 e. The molecule has 1 saturated heterocycles. The minimum absolute atomic E-state index is 0. The van der Waals surface area contributed by atoms with Gasteiger partial charge >= 0.3 is 6.36 Å². The Morgan fingerprint density at radius 1 is 1.24 bits per heavy atom. The lowest BCUT2D eigenvalue weighted by atomic mass is 9.79. The summed E-state index contributed by atoms with van der Waals surface area (Å²) in [5.41, 5.74) is -0.0705. The number of aliphatic hydroxyl groups excluding tert-OH is 1. The third kappa shape index (κ3) is 5.70. The molecular formula is C16H23ClF4N2O2. The molecule has 25 heavy (non-hydrogen) atoms. The molecule has 9 heteroatoms. The number of hydrogen-bond donors (Lipinski definition) is 2. The Morgan fingerprint density at radius 2 is 1.84 bits per heavy atom. The maximum absolute atomic E-state index is 14.1. The van der Waals surface area contributed by atoms with Crippen molar-refractivity contribution in [2.75, 3.05) is 32.8 Å². The molecule has 0 amide bonds. The molecule has 144 valence electrons. The van der Waals surface area contributed by atoms with Gasteiger partial charge in [0.1, 0.15) is 0 Å². The normalized spacial score (nSPS) is 17.7. The van der Waals surface area contributed by atoms with Crippen molar-refractivity contribution in [2.24, 2.45) is 5.41 Å². The van der Waals surface area contributed by atoms with Crippen LogP contribution in [0.4, 0.5) is 17.6 Å². The van der Waals surface area contributed by atoms with Crippen molar-refractivity contribution >= 4 is 12.4 Å². The van der Waals surface area contributed by atoms with E-state index in [0.29, 0.717) is 18.7 Å². The summed E-state index contributed by atoms with van der Waals surface area (Å²) in [6.07, 6.45) is -4.94. The van der Waals surface area contributed by atoms with E-state index in [2.05, 4.69) is 15.0 Å². The SMILES string of the molecule is CC(C)(CO)[C@@H](c1ccc(OC(F)(F)F)c(F)c1)N1CCNCC1.Cl. The molecule has 1 aromatic rings. The fraction of sp³-hybridized carbons (Fsp3) is 0.625. The van der Waals surface area contributed by atoms with Crippen LogP contribution in [0.25, 0.3) is 0 Å². The highest BCUT2D eigenvalue weighted by Crippen LogP contribution is 2.39. The van der Waals surface area contributed by atoms with Gasteiger partial charge in [0.15, 0.2) is 11.6 Å². The standard InChI is InChI=1S/C16H22F4N2O2.ClH/c1-15(2,10-23)14(22-7-5-21-6-8-22)11-3-4-13(12(17)9-11)24-16(18,19)20;/h3-4,9,14,21,23H,5-8,10H2,1-2H3;1H/t14-;/m1./s1. The van der Waals surface area contributed by atoms with E-state index in [1.54, 1.807) is 0 Å². The van der Waals surface area contributed by atoms with E-state index in [4.69, 9.17) is 0 Å². The predicted octanol–water partition coefficient (Wildman–Crippen LogP) is 3.11. The van der Waals surface area contributed by atoms with E-state index in [9.17, 15) is 22.7 Å². The number of nitrogens with one attached hydrogen (secondary N) is 1. The summed E-state index contributed by atoms with van der Waals surface area (Å²) >= 11 is 0. The first-order valence-corrected chi connectivity index (χ1v) is 7.75. The Morgan fingerprint density at radius 3 is 2.32 bits per heavy atom. The lowest BCUT2D eigenvalue weighted by molar-refractivity contribution is -0.275. The number of aliphatic hydroxyl groups is 1. The monoisotopic (exact) mass is 386 g/mol. The fourth-order valence-electron chi connectivity index (χ4n) is 3.08. The first-order chi connectivity index (χ1) is 11.1. The second-order valence-corrected chi connectivity index (χ2v) is 6.57. The summed E-state index contributed by atoms with van der Waals surface area (Å²) in [4.78, 5) is 2.10. The summed E-state index contributed by atoms with van der Waals surface area (Å²) < 4.78 is 54.6. The molecule has 0 aromatic heterocycles. The van der Waals surface area contributed by atoms with Gasteiger partial charge in [-0.2, -0.15) is 0 Å². The van der Waals surface area contributed by atoms with Gasteiger partial charge in [0, 0.05) is 44.2 Å². The second kappa shape index (κ2) is 8.53.